The van der Waals surface area contributed by atoms with Crippen molar-refractivity contribution < 1.29 is 4.79 Å². The van der Waals surface area contributed by atoms with E-state index in [1.165, 1.54) is 5.69 Å². The van der Waals surface area contributed by atoms with Crippen LogP contribution >= 0.6 is 0 Å². The lowest BCUT2D eigenvalue weighted by Crippen LogP contribution is -2.49. The molecule has 1 fully saturated rings. The molecule has 4 rings (SSSR count). The summed E-state index contributed by atoms with van der Waals surface area (Å²) < 4.78 is 1.97. The van der Waals surface area contributed by atoms with Gasteiger partial charge in [-0.05, 0) is 50.2 Å². The van der Waals surface area contributed by atoms with Gasteiger partial charge >= 0.3 is 0 Å². The molecule has 2 aliphatic rings. The van der Waals surface area contributed by atoms with Gasteiger partial charge in [0.25, 0.3) is 5.91 Å². The first-order valence-corrected chi connectivity index (χ1v) is 9.36. The second kappa shape index (κ2) is 6.64. The van der Waals surface area contributed by atoms with Crippen molar-refractivity contribution in [3.05, 3.63) is 47.3 Å². The van der Waals surface area contributed by atoms with Crippen molar-refractivity contribution in [3.63, 3.8) is 0 Å². The van der Waals surface area contributed by atoms with E-state index in [0.29, 0.717) is 18.2 Å². The van der Waals surface area contributed by atoms with Gasteiger partial charge in [0.2, 0.25) is 0 Å². The zero-order valence-electron chi connectivity index (χ0n) is 14.8. The van der Waals surface area contributed by atoms with E-state index < -0.39 is 0 Å². The number of hydrogen-bond donors (Lipinski definition) is 1. The van der Waals surface area contributed by atoms with Gasteiger partial charge in [-0.2, -0.15) is 5.10 Å². The second-order valence-corrected chi connectivity index (χ2v) is 7.39. The molecule has 2 heterocycles. The Bertz CT molecular complexity index is 768. The average molecular weight is 338 g/mol. The molecular formula is C20H26N4O. The number of fused-ring (bicyclic) bond motifs is 1. The molecule has 5 nitrogen and oxygen atoms in total. The summed E-state index contributed by atoms with van der Waals surface area (Å²) in [5, 5.41) is 4.75. The zero-order valence-corrected chi connectivity index (χ0v) is 14.8. The van der Waals surface area contributed by atoms with Gasteiger partial charge in [-0.1, -0.05) is 25.1 Å². The number of carbonyl (C=O) groups is 1. The van der Waals surface area contributed by atoms with Gasteiger partial charge in [0.1, 0.15) is 0 Å². The van der Waals surface area contributed by atoms with E-state index in [0.717, 1.165) is 49.9 Å². The highest BCUT2D eigenvalue weighted by Crippen LogP contribution is 2.30. The Morgan fingerprint density at radius 2 is 2.08 bits per heavy atom. The Balaban J connectivity index is 1.70. The van der Waals surface area contributed by atoms with Crippen LogP contribution in [0.4, 0.5) is 0 Å². The van der Waals surface area contributed by atoms with Crippen LogP contribution < -0.4 is 5.73 Å². The van der Waals surface area contributed by atoms with Crippen LogP contribution in [-0.2, 0) is 12.8 Å². The molecule has 1 aliphatic heterocycles. The third-order valence-electron chi connectivity index (χ3n) is 5.64. The van der Waals surface area contributed by atoms with Crippen molar-refractivity contribution in [1.82, 2.24) is 14.7 Å². The van der Waals surface area contributed by atoms with Gasteiger partial charge in [0.15, 0.2) is 5.69 Å². The Morgan fingerprint density at radius 1 is 1.28 bits per heavy atom. The number of carbonyl (C=O) groups excluding carboxylic acids is 1. The molecule has 2 atom stereocenters. The number of rotatable bonds is 3. The molecule has 0 radical (unpaired) electrons. The molecular weight excluding hydrogens is 312 g/mol. The first kappa shape index (κ1) is 16.3. The summed E-state index contributed by atoms with van der Waals surface area (Å²) in [7, 11) is 0. The van der Waals surface area contributed by atoms with Crippen molar-refractivity contribution in [3.8, 4) is 5.69 Å². The molecule has 132 valence electrons. The van der Waals surface area contributed by atoms with E-state index in [-0.39, 0.29) is 11.9 Å². The molecule has 0 bridgehead atoms. The van der Waals surface area contributed by atoms with Gasteiger partial charge < -0.3 is 10.6 Å². The van der Waals surface area contributed by atoms with Crippen molar-refractivity contribution in [2.75, 3.05) is 13.1 Å². The number of hydrogen-bond acceptors (Lipinski definition) is 3. The Labute approximate surface area is 148 Å². The quantitative estimate of drug-likeness (QED) is 0.935. The van der Waals surface area contributed by atoms with Crippen molar-refractivity contribution in [1.29, 1.82) is 0 Å². The Hall–Kier alpha value is -2.14. The number of para-hydroxylation sites is 1. The fourth-order valence-corrected chi connectivity index (χ4v) is 4.27. The fourth-order valence-electron chi connectivity index (χ4n) is 4.27. The monoisotopic (exact) mass is 338 g/mol. The number of nitrogens with zero attached hydrogens (tertiary/aromatic N) is 3. The minimum absolute atomic E-state index is 0.0650. The lowest BCUT2D eigenvalue weighted by atomic mass is 9.92. The van der Waals surface area contributed by atoms with Crippen molar-refractivity contribution in [2.45, 2.75) is 45.1 Å². The molecule has 1 aromatic carbocycles. The maximum Gasteiger partial charge on any atom is 0.274 e. The highest BCUT2D eigenvalue weighted by Gasteiger charge is 2.34. The molecule has 25 heavy (non-hydrogen) atoms. The minimum atomic E-state index is 0.0650. The van der Waals surface area contributed by atoms with E-state index in [2.05, 4.69) is 6.92 Å². The van der Waals surface area contributed by atoms with Crippen molar-refractivity contribution in [2.24, 2.45) is 11.7 Å². The summed E-state index contributed by atoms with van der Waals surface area (Å²) in [4.78, 5) is 15.2. The van der Waals surface area contributed by atoms with Gasteiger partial charge in [-0.25, -0.2) is 4.68 Å². The number of piperidine rings is 1. The molecule has 5 heteroatoms. The molecule has 2 N–H and O–H groups in total. The number of benzene rings is 1. The molecule has 1 aliphatic carbocycles. The summed E-state index contributed by atoms with van der Waals surface area (Å²) in [6, 6.07) is 10.2. The van der Waals surface area contributed by atoms with E-state index in [4.69, 9.17) is 10.8 Å². The maximum absolute atomic E-state index is 13.3. The predicted molar refractivity (Wildman–Crippen MR) is 97.9 cm³/mol. The van der Waals surface area contributed by atoms with Gasteiger partial charge in [-0.3, -0.25) is 4.79 Å². The van der Waals surface area contributed by atoms with Gasteiger partial charge in [0, 0.05) is 30.4 Å². The van der Waals surface area contributed by atoms with Crippen molar-refractivity contribution >= 4 is 5.91 Å². The molecule has 2 aromatic rings. The van der Waals surface area contributed by atoms with Crippen LogP contribution in [0.25, 0.3) is 5.69 Å². The molecule has 1 amide bonds. The summed E-state index contributed by atoms with van der Waals surface area (Å²) in [6.45, 7) is 3.55. The van der Waals surface area contributed by atoms with E-state index in [9.17, 15) is 4.79 Å². The fraction of sp³-hybridized carbons (Fsp3) is 0.500. The van der Waals surface area contributed by atoms with Gasteiger partial charge in [-0.15, -0.1) is 0 Å². The highest BCUT2D eigenvalue weighted by molar-refractivity contribution is 5.94. The van der Waals surface area contributed by atoms with Crippen LogP contribution in [0.15, 0.2) is 30.3 Å². The van der Waals surface area contributed by atoms with E-state index in [1.807, 2.05) is 39.9 Å². The van der Waals surface area contributed by atoms with Crippen LogP contribution in [0.5, 0.6) is 0 Å². The summed E-state index contributed by atoms with van der Waals surface area (Å²) in [6.07, 6.45) is 5.06. The Morgan fingerprint density at radius 3 is 2.84 bits per heavy atom. The van der Waals surface area contributed by atoms with Crippen LogP contribution in [0.3, 0.4) is 0 Å². The van der Waals surface area contributed by atoms with E-state index in [1.54, 1.807) is 0 Å². The lowest BCUT2D eigenvalue weighted by Gasteiger charge is -2.37. The first-order chi connectivity index (χ1) is 12.2. The summed E-state index contributed by atoms with van der Waals surface area (Å²) >= 11 is 0. The molecule has 2 unspecified atom stereocenters. The summed E-state index contributed by atoms with van der Waals surface area (Å²) in [5.41, 5.74) is 9.97. The zero-order chi connectivity index (χ0) is 17.4. The maximum atomic E-state index is 13.3. The second-order valence-electron chi connectivity index (χ2n) is 7.39. The minimum Gasteiger partial charge on any atom is -0.333 e. The molecule has 1 saturated heterocycles. The Kier molecular flexibility index (Phi) is 4.34. The number of likely N-dealkylation sites (tertiary alicyclic amines) is 1. The van der Waals surface area contributed by atoms with Crippen LogP contribution in [-0.4, -0.2) is 39.7 Å². The first-order valence-electron chi connectivity index (χ1n) is 9.36. The third kappa shape index (κ3) is 2.86. The third-order valence-corrected chi connectivity index (χ3v) is 5.64. The summed E-state index contributed by atoms with van der Waals surface area (Å²) in [5.74, 6) is 0.695. The highest BCUT2D eigenvalue weighted by atomic mass is 16.2. The predicted octanol–water partition coefficient (Wildman–Crippen LogP) is 2.56. The van der Waals surface area contributed by atoms with Crippen LogP contribution in [0.2, 0.25) is 0 Å². The standard InChI is InChI=1S/C20H26N4O/c1-14-10-11-23(16(12-14)13-21)20(25)19-17-8-5-9-18(17)24(22-19)15-6-3-2-4-7-15/h2-4,6-7,14,16H,5,8-13,21H2,1H3. The number of aromatic nitrogens is 2. The topological polar surface area (TPSA) is 64.2 Å². The normalized spacial score (nSPS) is 22.9. The van der Waals surface area contributed by atoms with Crippen LogP contribution in [0.1, 0.15) is 47.9 Å². The van der Waals surface area contributed by atoms with Crippen LogP contribution in [0, 0.1) is 5.92 Å². The number of nitrogens with two attached hydrogens (primary N) is 1. The lowest BCUT2D eigenvalue weighted by molar-refractivity contribution is 0.0566. The largest absolute Gasteiger partial charge is 0.333 e. The molecule has 0 saturated carbocycles. The van der Waals surface area contributed by atoms with E-state index >= 15 is 0 Å². The number of amides is 1. The smallest absolute Gasteiger partial charge is 0.274 e. The van der Waals surface area contributed by atoms with Gasteiger partial charge in [0.05, 0.1) is 5.69 Å². The average Bonchev–Trinajstić information content (AvgIpc) is 3.24. The molecule has 1 aromatic heterocycles. The SMILES string of the molecule is CC1CCN(C(=O)c2nn(-c3ccccc3)c3c2CCC3)C(CN)C1. The molecule has 0 spiro atoms.